The van der Waals surface area contributed by atoms with Crippen LogP contribution in [0.3, 0.4) is 0 Å². The molecule has 2 aliphatic heterocycles. The molecule has 0 N–H and O–H groups in total. The normalized spacial score (nSPS) is 30.7. The summed E-state index contributed by atoms with van der Waals surface area (Å²) in [7, 11) is 0. The van der Waals surface area contributed by atoms with Gasteiger partial charge in [-0.3, -0.25) is 0 Å². The van der Waals surface area contributed by atoms with Crippen molar-refractivity contribution >= 4 is 5.95 Å². The van der Waals surface area contributed by atoms with Crippen LogP contribution in [0.1, 0.15) is 6.42 Å². The predicted molar refractivity (Wildman–Crippen MR) is 52.1 cm³/mol. The van der Waals surface area contributed by atoms with Gasteiger partial charge < -0.3 is 9.64 Å². The molecule has 1 aromatic rings. The summed E-state index contributed by atoms with van der Waals surface area (Å²) in [5.74, 6) is 1.55. The Morgan fingerprint density at radius 1 is 1.29 bits per heavy atom. The van der Waals surface area contributed by atoms with Gasteiger partial charge in [0.2, 0.25) is 5.95 Å². The van der Waals surface area contributed by atoms with Gasteiger partial charge in [0.1, 0.15) is 0 Å². The van der Waals surface area contributed by atoms with Crippen LogP contribution in [0.2, 0.25) is 0 Å². The highest BCUT2D eigenvalue weighted by atomic mass is 16.5. The van der Waals surface area contributed by atoms with Crippen molar-refractivity contribution in [3.05, 3.63) is 18.5 Å². The predicted octanol–water partition coefficient (Wildman–Crippen LogP) is 0.702. The third kappa shape index (κ3) is 1.18. The minimum atomic E-state index is 0.511. The minimum Gasteiger partial charge on any atom is -0.379 e. The summed E-state index contributed by atoms with van der Waals surface area (Å²) in [6.07, 6.45) is 4.81. The molecule has 2 aliphatic rings. The molecule has 3 heterocycles. The van der Waals surface area contributed by atoms with Crippen LogP contribution in [0.15, 0.2) is 18.5 Å². The van der Waals surface area contributed by atoms with E-state index in [9.17, 15) is 0 Å². The average molecular weight is 191 g/mol. The van der Waals surface area contributed by atoms with Crippen LogP contribution in [0, 0.1) is 5.92 Å². The molecule has 2 fully saturated rings. The van der Waals surface area contributed by atoms with E-state index in [4.69, 9.17) is 4.74 Å². The fourth-order valence-electron chi connectivity index (χ4n) is 2.37. The zero-order valence-electron chi connectivity index (χ0n) is 7.97. The fourth-order valence-corrected chi connectivity index (χ4v) is 2.37. The maximum Gasteiger partial charge on any atom is 0.225 e. The highest BCUT2D eigenvalue weighted by Gasteiger charge is 2.39. The van der Waals surface area contributed by atoms with Crippen LogP contribution in [-0.2, 0) is 4.74 Å². The van der Waals surface area contributed by atoms with Crippen LogP contribution in [0.25, 0.3) is 0 Å². The Labute approximate surface area is 82.9 Å². The Kier molecular flexibility index (Phi) is 1.87. The van der Waals surface area contributed by atoms with Gasteiger partial charge in [-0.05, 0) is 12.5 Å². The van der Waals surface area contributed by atoms with Crippen molar-refractivity contribution in [3.8, 4) is 0 Å². The standard InChI is InChI=1S/C10H13N3O/c1-3-11-10(12-4-1)13-5-2-8-6-14-7-9(8)13/h1,3-4,8-9H,2,5-7H2/t8-,9+/m1/s1. The molecule has 0 unspecified atom stereocenters. The van der Waals surface area contributed by atoms with Crippen LogP contribution in [0.5, 0.6) is 0 Å². The summed E-state index contributed by atoms with van der Waals surface area (Å²) in [6, 6.07) is 2.36. The summed E-state index contributed by atoms with van der Waals surface area (Å²) >= 11 is 0. The molecular formula is C10H13N3O. The summed E-state index contributed by atoms with van der Waals surface area (Å²) in [4.78, 5) is 10.8. The third-order valence-electron chi connectivity index (χ3n) is 3.11. The average Bonchev–Trinajstić information content (AvgIpc) is 2.79. The first kappa shape index (κ1) is 8.17. The van der Waals surface area contributed by atoms with E-state index in [0.717, 1.165) is 25.7 Å². The summed E-state index contributed by atoms with van der Waals surface area (Å²) in [6.45, 7) is 2.82. The van der Waals surface area contributed by atoms with Gasteiger partial charge in [0.15, 0.2) is 0 Å². The number of hydrogen-bond acceptors (Lipinski definition) is 4. The largest absolute Gasteiger partial charge is 0.379 e. The zero-order valence-corrected chi connectivity index (χ0v) is 7.97. The Hall–Kier alpha value is -1.16. The van der Waals surface area contributed by atoms with Crippen LogP contribution in [0.4, 0.5) is 5.95 Å². The molecule has 3 rings (SSSR count). The van der Waals surface area contributed by atoms with Crippen LogP contribution < -0.4 is 4.90 Å². The van der Waals surface area contributed by atoms with E-state index in [0.29, 0.717) is 12.0 Å². The Morgan fingerprint density at radius 2 is 2.14 bits per heavy atom. The van der Waals surface area contributed by atoms with Gasteiger partial charge in [0.25, 0.3) is 0 Å². The third-order valence-corrected chi connectivity index (χ3v) is 3.11. The number of nitrogens with zero attached hydrogens (tertiary/aromatic N) is 3. The van der Waals surface area contributed by atoms with E-state index in [1.165, 1.54) is 6.42 Å². The van der Waals surface area contributed by atoms with Gasteiger partial charge in [-0.25, -0.2) is 9.97 Å². The smallest absolute Gasteiger partial charge is 0.225 e. The molecule has 2 saturated heterocycles. The maximum absolute atomic E-state index is 5.47. The zero-order chi connectivity index (χ0) is 9.38. The van der Waals surface area contributed by atoms with Crippen LogP contribution >= 0.6 is 0 Å². The van der Waals surface area contributed by atoms with E-state index in [2.05, 4.69) is 14.9 Å². The number of ether oxygens (including phenoxy) is 1. The van der Waals surface area contributed by atoms with E-state index in [-0.39, 0.29) is 0 Å². The van der Waals surface area contributed by atoms with Crippen molar-refractivity contribution in [3.63, 3.8) is 0 Å². The number of aromatic nitrogens is 2. The van der Waals surface area contributed by atoms with Crippen molar-refractivity contribution in [2.24, 2.45) is 5.92 Å². The molecule has 1 aromatic heterocycles. The van der Waals surface area contributed by atoms with Gasteiger partial charge >= 0.3 is 0 Å². The SMILES string of the molecule is c1cnc(N2CC[C@@H]3COC[C@@H]32)nc1. The van der Waals surface area contributed by atoms with Gasteiger partial charge in [-0.1, -0.05) is 0 Å². The number of hydrogen-bond donors (Lipinski definition) is 0. The fraction of sp³-hybridized carbons (Fsp3) is 0.600. The molecule has 0 aliphatic carbocycles. The molecule has 2 atom stereocenters. The van der Waals surface area contributed by atoms with E-state index in [1.807, 2.05) is 6.07 Å². The maximum atomic E-state index is 5.47. The summed E-state index contributed by atoms with van der Waals surface area (Å²) in [5, 5.41) is 0. The first-order valence-electron chi connectivity index (χ1n) is 5.06. The molecular weight excluding hydrogens is 178 g/mol. The lowest BCUT2D eigenvalue weighted by molar-refractivity contribution is 0.179. The quantitative estimate of drug-likeness (QED) is 0.655. The molecule has 0 bridgehead atoms. The Balaban J connectivity index is 1.86. The van der Waals surface area contributed by atoms with Crippen molar-refractivity contribution < 1.29 is 4.74 Å². The molecule has 0 amide bonds. The Morgan fingerprint density at radius 3 is 3.00 bits per heavy atom. The number of fused-ring (bicyclic) bond motifs is 1. The van der Waals surface area contributed by atoms with Gasteiger partial charge in [-0.15, -0.1) is 0 Å². The lowest BCUT2D eigenvalue weighted by Gasteiger charge is -2.22. The van der Waals surface area contributed by atoms with Gasteiger partial charge in [0, 0.05) is 24.9 Å². The van der Waals surface area contributed by atoms with Gasteiger partial charge in [-0.2, -0.15) is 0 Å². The molecule has 0 saturated carbocycles. The molecule has 0 spiro atoms. The second kappa shape index (κ2) is 3.20. The minimum absolute atomic E-state index is 0.511. The topological polar surface area (TPSA) is 38.2 Å². The monoisotopic (exact) mass is 191 g/mol. The Bertz CT molecular complexity index is 316. The molecule has 0 aromatic carbocycles. The summed E-state index contributed by atoms with van der Waals surface area (Å²) < 4.78 is 5.47. The van der Waals surface area contributed by atoms with E-state index in [1.54, 1.807) is 12.4 Å². The first-order valence-corrected chi connectivity index (χ1v) is 5.06. The second-order valence-corrected chi connectivity index (χ2v) is 3.90. The second-order valence-electron chi connectivity index (χ2n) is 3.90. The lowest BCUT2D eigenvalue weighted by Crippen LogP contribution is -2.33. The lowest BCUT2D eigenvalue weighted by atomic mass is 10.1. The number of anilines is 1. The highest BCUT2D eigenvalue weighted by molar-refractivity contribution is 5.33. The van der Waals surface area contributed by atoms with Crippen molar-refractivity contribution in [2.45, 2.75) is 12.5 Å². The molecule has 4 nitrogen and oxygen atoms in total. The van der Waals surface area contributed by atoms with Crippen LogP contribution in [-0.4, -0.2) is 35.8 Å². The summed E-state index contributed by atoms with van der Waals surface area (Å²) in [5.41, 5.74) is 0. The van der Waals surface area contributed by atoms with E-state index >= 15 is 0 Å². The van der Waals surface area contributed by atoms with Crippen molar-refractivity contribution in [2.75, 3.05) is 24.7 Å². The molecule has 0 radical (unpaired) electrons. The molecule has 14 heavy (non-hydrogen) atoms. The first-order chi connectivity index (χ1) is 6.95. The number of rotatable bonds is 1. The van der Waals surface area contributed by atoms with Crippen molar-refractivity contribution in [1.29, 1.82) is 0 Å². The molecule has 4 heteroatoms. The van der Waals surface area contributed by atoms with Crippen molar-refractivity contribution in [1.82, 2.24) is 9.97 Å². The van der Waals surface area contributed by atoms with Gasteiger partial charge in [0.05, 0.1) is 19.3 Å². The van der Waals surface area contributed by atoms with E-state index < -0.39 is 0 Å². The molecule has 74 valence electrons. The highest BCUT2D eigenvalue weighted by Crippen LogP contribution is 2.31.